The summed E-state index contributed by atoms with van der Waals surface area (Å²) in [7, 11) is -3.68. The van der Waals surface area contributed by atoms with Gasteiger partial charge in [0.2, 0.25) is 10.0 Å². The van der Waals surface area contributed by atoms with Gasteiger partial charge in [-0.15, -0.1) is 0 Å². The zero-order valence-electron chi connectivity index (χ0n) is 14.4. The molecule has 1 aliphatic heterocycles. The number of hydrogen-bond acceptors (Lipinski definition) is 5. The molecular weight excluding hydrogens is 368 g/mol. The van der Waals surface area contributed by atoms with Crippen molar-refractivity contribution in [1.29, 1.82) is 0 Å². The summed E-state index contributed by atoms with van der Waals surface area (Å²) in [6.07, 6.45) is 1.69. The van der Waals surface area contributed by atoms with Crippen LogP contribution < -0.4 is 0 Å². The van der Waals surface area contributed by atoms with E-state index in [1.54, 1.807) is 29.7 Å². The number of aromatic nitrogens is 1. The van der Waals surface area contributed by atoms with E-state index in [0.29, 0.717) is 18.6 Å². The molecule has 7 heteroatoms. The van der Waals surface area contributed by atoms with Gasteiger partial charge in [0.15, 0.2) is 0 Å². The molecule has 0 unspecified atom stereocenters. The lowest BCUT2D eigenvalue weighted by Crippen LogP contribution is -2.29. The number of aliphatic hydroxyl groups is 1. The summed E-state index contributed by atoms with van der Waals surface area (Å²) in [5.74, 6) is -0.0734. The van der Waals surface area contributed by atoms with Gasteiger partial charge in [-0.1, -0.05) is 12.1 Å². The standard InChI is InChI=1S/C19H20N2O3S2/c1-13-7-14-3-2-4-18(19(14)20-8-13)26(23,24)21-9-16(11-22)17(10-21)15-5-6-25-12-15/h2-8,12,16-17,22H,9-11H2,1H3/t16-,17-/m1/s1. The van der Waals surface area contributed by atoms with Crippen molar-refractivity contribution in [2.24, 2.45) is 5.92 Å². The van der Waals surface area contributed by atoms with Crippen LogP contribution in [0.4, 0.5) is 0 Å². The number of nitrogens with zero attached hydrogens (tertiary/aromatic N) is 2. The predicted octanol–water partition coefficient (Wildman–Crippen LogP) is 3.00. The highest BCUT2D eigenvalue weighted by atomic mass is 32.2. The third kappa shape index (κ3) is 2.95. The van der Waals surface area contributed by atoms with Crippen LogP contribution in [0, 0.1) is 12.8 Å². The molecule has 0 bridgehead atoms. The fourth-order valence-electron chi connectivity index (χ4n) is 3.67. The van der Waals surface area contributed by atoms with E-state index in [1.807, 2.05) is 35.9 Å². The number of fused-ring (bicyclic) bond motifs is 1. The highest BCUT2D eigenvalue weighted by Gasteiger charge is 2.40. The molecule has 1 N–H and O–H groups in total. The van der Waals surface area contributed by atoms with Crippen LogP contribution in [0.2, 0.25) is 0 Å². The maximum absolute atomic E-state index is 13.3. The van der Waals surface area contributed by atoms with Gasteiger partial charge in [-0.2, -0.15) is 15.6 Å². The minimum Gasteiger partial charge on any atom is -0.396 e. The molecule has 1 saturated heterocycles. The summed E-state index contributed by atoms with van der Waals surface area (Å²) in [6.45, 7) is 2.61. The normalized spacial score (nSPS) is 21.5. The summed E-state index contributed by atoms with van der Waals surface area (Å²) in [5, 5.41) is 14.6. The van der Waals surface area contributed by atoms with Crippen LogP contribution >= 0.6 is 11.3 Å². The molecule has 0 spiro atoms. The molecule has 2 aromatic heterocycles. The smallest absolute Gasteiger partial charge is 0.245 e. The van der Waals surface area contributed by atoms with E-state index in [0.717, 1.165) is 16.5 Å². The third-order valence-corrected chi connectivity index (χ3v) is 7.61. The number of rotatable bonds is 4. The number of aliphatic hydroxyl groups excluding tert-OH is 1. The fraction of sp³-hybridized carbons (Fsp3) is 0.316. The van der Waals surface area contributed by atoms with E-state index in [9.17, 15) is 13.5 Å². The predicted molar refractivity (Wildman–Crippen MR) is 103 cm³/mol. The van der Waals surface area contributed by atoms with Gasteiger partial charge >= 0.3 is 0 Å². The van der Waals surface area contributed by atoms with E-state index in [4.69, 9.17) is 0 Å². The van der Waals surface area contributed by atoms with Gasteiger partial charge < -0.3 is 5.11 Å². The van der Waals surface area contributed by atoms with Crippen LogP contribution in [0.5, 0.6) is 0 Å². The quantitative estimate of drug-likeness (QED) is 0.746. The van der Waals surface area contributed by atoms with Crippen LogP contribution in [0.15, 0.2) is 52.2 Å². The number of benzene rings is 1. The first kappa shape index (κ1) is 17.6. The van der Waals surface area contributed by atoms with Crippen molar-refractivity contribution >= 4 is 32.3 Å². The topological polar surface area (TPSA) is 70.5 Å². The fourth-order valence-corrected chi connectivity index (χ4v) is 6.08. The summed E-state index contributed by atoms with van der Waals surface area (Å²) < 4.78 is 28.1. The van der Waals surface area contributed by atoms with Gasteiger partial charge in [0.1, 0.15) is 4.90 Å². The lowest BCUT2D eigenvalue weighted by Gasteiger charge is -2.17. The van der Waals surface area contributed by atoms with Gasteiger partial charge in [0.25, 0.3) is 0 Å². The third-order valence-electron chi connectivity index (χ3n) is 5.04. The SMILES string of the molecule is Cc1cnc2c(S(=O)(=O)N3C[C@H](CO)[C@@H](c4ccsc4)C3)cccc2c1. The van der Waals surface area contributed by atoms with Crippen molar-refractivity contribution in [2.45, 2.75) is 17.7 Å². The molecule has 0 saturated carbocycles. The Balaban J connectivity index is 1.74. The lowest BCUT2D eigenvalue weighted by molar-refractivity contribution is 0.223. The van der Waals surface area contributed by atoms with Gasteiger partial charge in [0, 0.05) is 43.1 Å². The zero-order chi connectivity index (χ0) is 18.3. The molecule has 5 nitrogen and oxygen atoms in total. The van der Waals surface area contributed by atoms with Gasteiger partial charge in [-0.25, -0.2) is 8.42 Å². The van der Waals surface area contributed by atoms with Crippen molar-refractivity contribution in [3.05, 3.63) is 58.4 Å². The molecule has 3 heterocycles. The van der Waals surface area contributed by atoms with E-state index in [1.165, 1.54) is 4.31 Å². The van der Waals surface area contributed by atoms with Crippen LogP contribution in [0.1, 0.15) is 17.0 Å². The number of aryl methyl sites for hydroxylation is 1. The molecule has 0 radical (unpaired) electrons. The number of sulfonamides is 1. The van der Waals surface area contributed by atoms with Crippen LogP contribution in [-0.2, 0) is 10.0 Å². The van der Waals surface area contributed by atoms with E-state index in [-0.39, 0.29) is 23.3 Å². The Bertz CT molecular complexity index is 1030. The summed E-state index contributed by atoms with van der Waals surface area (Å²) >= 11 is 1.59. The minimum atomic E-state index is -3.68. The van der Waals surface area contributed by atoms with Crippen LogP contribution in [0.3, 0.4) is 0 Å². The van der Waals surface area contributed by atoms with Crippen molar-refractivity contribution in [3.8, 4) is 0 Å². The maximum atomic E-state index is 13.3. The monoisotopic (exact) mass is 388 g/mol. The van der Waals surface area contributed by atoms with Crippen molar-refractivity contribution < 1.29 is 13.5 Å². The Labute approximate surface area is 157 Å². The minimum absolute atomic E-state index is 0.0196. The van der Waals surface area contributed by atoms with Crippen LogP contribution in [0.25, 0.3) is 10.9 Å². The molecule has 136 valence electrons. The number of thiophene rings is 1. The second kappa shape index (κ2) is 6.74. The highest BCUT2D eigenvalue weighted by Crippen LogP contribution is 2.37. The summed E-state index contributed by atoms with van der Waals surface area (Å²) in [5.41, 5.74) is 2.59. The maximum Gasteiger partial charge on any atom is 0.245 e. The Kier molecular flexibility index (Phi) is 4.56. The first-order valence-electron chi connectivity index (χ1n) is 8.49. The van der Waals surface area contributed by atoms with Crippen LogP contribution in [-0.4, -0.2) is 42.5 Å². The van der Waals surface area contributed by atoms with Gasteiger partial charge in [0.05, 0.1) is 5.52 Å². The van der Waals surface area contributed by atoms with Crippen molar-refractivity contribution in [2.75, 3.05) is 19.7 Å². The van der Waals surface area contributed by atoms with Gasteiger partial charge in [-0.05, 0) is 47.0 Å². The Morgan fingerprint density at radius 3 is 2.88 bits per heavy atom. The second-order valence-corrected chi connectivity index (χ2v) is 9.45. The van der Waals surface area contributed by atoms with E-state index < -0.39 is 10.0 Å². The molecule has 0 aliphatic carbocycles. The highest BCUT2D eigenvalue weighted by molar-refractivity contribution is 7.89. The summed E-state index contributed by atoms with van der Waals surface area (Å²) in [4.78, 5) is 4.61. The number of para-hydroxylation sites is 1. The molecule has 0 amide bonds. The Morgan fingerprint density at radius 2 is 2.15 bits per heavy atom. The number of pyridine rings is 1. The lowest BCUT2D eigenvalue weighted by atomic mass is 9.92. The molecular formula is C19H20N2O3S2. The average Bonchev–Trinajstić information content (AvgIpc) is 3.30. The Morgan fingerprint density at radius 1 is 1.31 bits per heavy atom. The van der Waals surface area contributed by atoms with E-state index in [2.05, 4.69) is 4.98 Å². The molecule has 1 aromatic carbocycles. The first-order chi connectivity index (χ1) is 12.5. The average molecular weight is 389 g/mol. The molecule has 1 fully saturated rings. The molecule has 26 heavy (non-hydrogen) atoms. The largest absolute Gasteiger partial charge is 0.396 e. The van der Waals surface area contributed by atoms with E-state index >= 15 is 0 Å². The van der Waals surface area contributed by atoms with Gasteiger partial charge in [-0.3, -0.25) is 4.98 Å². The van der Waals surface area contributed by atoms with Crippen molar-refractivity contribution in [3.63, 3.8) is 0 Å². The molecule has 4 rings (SSSR count). The Hall–Kier alpha value is -1.80. The molecule has 1 aliphatic rings. The second-order valence-electron chi connectivity index (χ2n) is 6.77. The number of hydrogen-bond donors (Lipinski definition) is 1. The first-order valence-corrected chi connectivity index (χ1v) is 10.9. The zero-order valence-corrected chi connectivity index (χ0v) is 16.0. The molecule has 2 atom stereocenters. The molecule has 3 aromatic rings. The summed E-state index contributed by atoms with van der Waals surface area (Å²) in [6, 6.07) is 9.20. The van der Waals surface area contributed by atoms with Crippen molar-refractivity contribution in [1.82, 2.24) is 9.29 Å².